The van der Waals surface area contributed by atoms with Gasteiger partial charge in [-0.3, -0.25) is 0 Å². The summed E-state index contributed by atoms with van der Waals surface area (Å²) in [4.78, 5) is 5.11. The van der Waals surface area contributed by atoms with Gasteiger partial charge in [0.15, 0.2) is 5.82 Å². The molecule has 2 N–H and O–H groups in total. The zero-order valence-electron chi connectivity index (χ0n) is 9.00. The molecule has 0 radical (unpaired) electrons. The minimum Gasteiger partial charge on any atom is -0.333 e. The van der Waals surface area contributed by atoms with E-state index in [0.717, 1.165) is 30.6 Å². The topological polar surface area (TPSA) is 90.7 Å². The largest absolute Gasteiger partial charge is 0.333 e. The number of nitrogens with two attached hydrogens (primary N) is 1. The lowest BCUT2D eigenvalue weighted by molar-refractivity contribution is 0.373. The van der Waals surface area contributed by atoms with Crippen LogP contribution in [0, 0.1) is 0 Å². The van der Waals surface area contributed by atoms with Gasteiger partial charge in [0.2, 0.25) is 0 Å². The lowest BCUT2D eigenvalue weighted by Gasteiger charge is -2.17. The zero-order chi connectivity index (χ0) is 11.0. The molecule has 6 nitrogen and oxygen atoms in total. The standard InChI is InChI=1S/C9H11N5OS.ClH/c10-9(3-1-2-4-9)8-12-7(15-13-8)6-5-11-14-16-6;/h5H,1-4,10H2;1H. The van der Waals surface area contributed by atoms with E-state index in [9.17, 15) is 0 Å². The molecule has 1 aliphatic rings. The number of halogens is 1. The summed E-state index contributed by atoms with van der Waals surface area (Å²) in [5, 5.41) is 7.70. The third kappa shape index (κ3) is 2.18. The quantitative estimate of drug-likeness (QED) is 0.896. The van der Waals surface area contributed by atoms with E-state index >= 15 is 0 Å². The van der Waals surface area contributed by atoms with E-state index in [0.29, 0.717) is 11.7 Å². The van der Waals surface area contributed by atoms with Gasteiger partial charge in [-0.1, -0.05) is 22.5 Å². The van der Waals surface area contributed by atoms with E-state index in [-0.39, 0.29) is 12.4 Å². The highest BCUT2D eigenvalue weighted by Crippen LogP contribution is 2.35. The molecule has 92 valence electrons. The van der Waals surface area contributed by atoms with Gasteiger partial charge in [0.05, 0.1) is 11.7 Å². The second-order valence-electron chi connectivity index (χ2n) is 4.07. The zero-order valence-corrected chi connectivity index (χ0v) is 10.6. The van der Waals surface area contributed by atoms with Crippen molar-refractivity contribution in [2.75, 3.05) is 0 Å². The van der Waals surface area contributed by atoms with E-state index in [1.165, 1.54) is 11.5 Å². The Balaban J connectivity index is 0.00000108. The molecule has 2 aromatic heterocycles. The van der Waals surface area contributed by atoms with E-state index < -0.39 is 5.54 Å². The van der Waals surface area contributed by atoms with E-state index in [2.05, 4.69) is 19.7 Å². The molecule has 0 atom stereocenters. The Bertz CT molecular complexity index is 479. The highest BCUT2D eigenvalue weighted by molar-refractivity contribution is 7.09. The van der Waals surface area contributed by atoms with Crippen LogP contribution in [0.15, 0.2) is 10.7 Å². The number of hydrogen-bond donors (Lipinski definition) is 1. The van der Waals surface area contributed by atoms with Gasteiger partial charge in [-0.2, -0.15) is 4.98 Å². The molecule has 8 heteroatoms. The fourth-order valence-corrected chi connectivity index (χ4v) is 2.45. The van der Waals surface area contributed by atoms with Crippen molar-refractivity contribution in [3.8, 4) is 10.8 Å². The second kappa shape index (κ2) is 4.67. The van der Waals surface area contributed by atoms with Crippen LogP contribution < -0.4 is 5.73 Å². The Labute approximate surface area is 108 Å². The highest BCUT2D eigenvalue weighted by atomic mass is 35.5. The van der Waals surface area contributed by atoms with Crippen LogP contribution >= 0.6 is 23.9 Å². The minimum absolute atomic E-state index is 0. The predicted octanol–water partition coefficient (Wildman–Crippen LogP) is 1.74. The van der Waals surface area contributed by atoms with Gasteiger partial charge in [-0.05, 0) is 24.4 Å². The molecule has 0 saturated heterocycles. The van der Waals surface area contributed by atoms with Crippen molar-refractivity contribution >= 4 is 23.9 Å². The molecular weight excluding hydrogens is 262 g/mol. The molecule has 0 aromatic carbocycles. The fraction of sp³-hybridized carbons (Fsp3) is 0.556. The minimum atomic E-state index is -0.403. The van der Waals surface area contributed by atoms with Crippen molar-refractivity contribution in [3.63, 3.8) is 0 Å². The number of nitrogens with zero attached hydrogens (tertiary/aromatic N) is 4. The average Bonchev–Trinajstić information content (AvgIpc) is 2.98. The molecule has 0 spiro atoms. The lowest BCUT2D eigenvalue weighted by Crippen LogP contribution is -2.34. The van der Waals surface area contributed by atoms with Crippen LogP contribution in [0.3, 0.4) is 0 Å². The molecule has 0 aliphatic heterocycles. The maximum atomic E-state index is 6.23. The first kappa shape index (κ1) is 12.4. The predicted molar refractivity (Wildman–Crippen MR) is 64.8 cm³/mol. The SMILES string of the molecule is Cl.NC1(c2noc(-c3cnns3)n2)CCCC1. The van der Waals surface area contributed by atoms with Crippen molar-refractivity contribution in [2.45, 2.75) is 31.2 Å². The van der Waals surface area contributed by atoms with E-state index in [1.807, 2.05) is 0 Å². The molecule has 0 amide bonds. The van der Waals surface area contributed by atoms with Gasteiger partial charge in [0.1, 0.15) is 4.88 Å². The Kier molecular flexibility index (Phi) is 3.41. The maximum Gasteiger partial charge on any atom is 0.271 e. The molecule has 3 rings (SSSR count). The summed E-state index contributed by atoms with van der Waals surface area (Å²) in [5.41, 5.74) is 5.83. The third-order valence-corrected chi connectivity index (χ3v) is 3.59. The van der Waals surface area contributed by atoms with Crippen molar-refractivity contribution in [2.24, 2.45) is 5.73 Å². The summed E-state index contributed by atoms with van der Waals surface area (Å²) >= 11 is 1.23. The van der Waals surface area contributed by atoms with Crippen LogP contribution in [0.4, 0.5) is 0 Å². The average molecular weight is 274 g/mol. The normalized spacial score (nSPS) is 17.9. The van der Waals surface area contributed by atoms with Crippen molar-refractivity contribution in [1.29, 1.82) is 0 Å². The fourth-order valence-electron chi connectivity index (χ4n) is 2.02. The van der Waals surface area contributed by atoms with Crippen LogP contribution in [-0.2, 0) is 5.54 Å². The summed E-state index contributed by atoms with van der Waals surface area (Å²) in [6, 6.07) is 0. The van der Waals surface area contributed by atoms with Crippen molar-refractivity contribution in [3.05, 3.63) is 12.0 Å². The molecule has 2 heterocycles. The summed E-state index contributed by atoms with van der Waals surface area (Å²) < 4.78 is 8.93. The summed E-state index contributed by atoms with van der Waals surface area (Å²) in [7, 11) is 0. The van der Waals surface area contributed by atoms with E-state index in [4.69, 9.17) is 10.3 Å². The van der Waals surface area contributed by atoms with E-state index in [1.54, 1.807) is 6.20 Å². The molecule has 2 aromatic rings. The number of aromatic nitrogens is 4. The van der Waals surface area contributed by atoms with Gasteiger partial charge >= 0.3 is 0 Å². The van der Waals surface area contributed by atoms with Crippen LogP contribution in [0.25, 0.3) is 10.8 Å². The van der Waals surface area contributed by atoms with Crippen LogP contribution in [0.2, 0.25) is 0 Å². The van der Waals surface area contributed by atoms with Gasteiger partial charge in [-0.15, -0.1) is 17.5 Å². The van der Waals surface area contributed by atoms with Crippen molar-refractivity contribution in [1.82, 2.24) is 19.7 Å². The Morgan fingerprint density at radius 3 is 2.76 bits per heavy atom. The first-order valence-electron chi connectivity index (χ1n) is 5.19. The first-order chi connectivity index (χ1) is 7.78. The summed E-state index contributed by atoms with van der Waals surface area (Å²) in [5.74, 6) is 1.06. The van der Waals surface area contributed by atoms with Gasteiger partial charge in [-0.25, -0.2) is 0 Å². The van der Waals surface area contributed by atoms with Gasteiger partial charge < -0.3 is 10.3 Å². The monoisotopic (exact) mass is 273 g/mol. The Morgan fingerprint density at radius 1 is 1.35 bits per heavy atom. The number of rotatable bonds is 2. The summed E-state index contributed by atoms with van der Waals surface area (Å²) in [6.45, 7) is 0. The Hall–Kier alpha value is -1.05. The second-order valence-corrected chi connectivity index (χ2v) is 4.85. The molecule has 1 aliphatic carbocycles. The molecule has 17 heavy (non-hydrogen) atoms. The molecule has 1 saturated carbocycles. The van der Waals surface area contributed by atoms with Crippen LogP contribution in [0.1, 0.15) is 31.5 Å². The molecule has 1 fully saturated rings. The summed E-state index contributed by atoms with van der Waals surface area (Å²) in [6.07, 6.45) is 5.71. The maximum absolute atomic E-state index is 6.23. The third-order valence-electron chi connectivity index (χ3n) is 2.94. The Morgan fingerprint density at radius 2 is 2.12 bits per heavy atom. The van der Waals surface area contributed by atoms with Crippen molar-refractivity contribution < 1.29 is 4.52 Å². The smallest absolute Gasteiger partial charge is 0.271 e. The molecular formula is C9H12ClN5OS. The van der Waals surface area contributed by atoms with Crippen LogP contribution in [-0.4, -0.2) is 19.7 Å². The lowest BCUT2D eigenvalue weighted by atomic mass is 9.99. The number of hydrogen-bond acceptors (Lipinski definition) is 7. The van der Waals surface area contributed by atoms with Gasteiger partial charge in [0, 0.05) is 0 Å². The molecule has 0 unspecified atom stereocenters. The van der Waals surface area contributed by atoms with Crippen LogP contribution in [0.5, 0.6) is 0 Å². The first-order valence-corrected chi connectivity index (χ1v) is 5.96. The highest BCUT2D eigenvalue weighted by Gasteiger charge is 2.36. The molecule has 0 bridgehead atoms. The van der Waals surface area contributed by atoms with Gasteiger partial charge in [0.25, 0.3) is 5.89 Å².